The van der Waals surface area contributed by atoms with E-state index in [2.05, 4.69) is 19.2 Å². The van der Waals surface area contributed by atoms with Crippen molar-refractivity contribution in [2.45, 2.75) is 71.6 Å². The van der Waals surface area contributed by atoms with Crippen LogP contribution < -0.4 is 5.32 Å². The van der Waals surface area contributed by atoms with Crippen molar-refractivity contribution >= 4 is 6.09 Å². The van der Waals surface area contributed by atoms with E-state index in [0.717, 1.165) is 32.4 Å². The summed E-state index contributed by atoms with van der Waals surface area (Å²) in [7, 11) is 1.79. The van der Waals surface area contributed by atoms with Crippen LogP contribution in [0.15, 0.2) is 0 Å². The Hall–Kier alpha value is -0.810. The maximum atomic E-state index is 11.8. The standard InChI is InChI=1S/C17H34N2O3/c1-13(2)15-12-14(8-11-21-15)18-9-7-10-19(6)16(20)22-17(3,4)5/h13-15,18H,7-12H2,1-6H3. The molecule has 0 radical (unpaired) electrons. The lowest BCUT2D eigenvalue weighted by molar-refractivity contribution is -0.0243. The Morgan fingerprint density at radius 3 is 2.68 bits per heavy atom. The minimum absolute atomic E-state index is 0.251. The average Bonchev–Trinajstić information content (AvgIpc) is 2.41. The first-order chi connectivity index (χ1) is 10.2. The van der Waals surface area contributed by atoms with Crippen LogP contribution in [0.2, 0.25) is 0 Å². The summed E-state index contributed by atoms with van der Waals surface area (Å²) in [6, 6.07) is 0.535. The lowest BCUT2D eigenvalue weighted by Crippen LogP contribution is -2.42. The van der Waals surface area contributed by atoms with Crippen molar-refractivity contribution in [2.24, 2.45) is 5.92 Å². The maximum Gasteiger partial charge on any atom is 0.410 e. The summed E-state index contributed by atoms with van der Waals surface area (Å²) < 4.78 is 11.1. The van der Waals surface area contributed by atoms with Crippen LogP contribution >= 0.6 is 0 Å². The normalized spacial score (nSPS) is 22.7. The highest BCUT2D eigenvalue weighted by Gasteiger charge is 2.24. The summed E-state index contributed by atoms with van der Waals surface area (Å²) in [5, 5.41) is 3.59. The summed E-state index contributed by atoms with van der Waals surface area (Å²) in [4.78, 5) is 13.5. The van der Waals surface area contributed by atoms with Gasteiger partial charge in [0.2, 0.25) is 0 Å². The smallest absolute Gasteiger partial charge is 0.410 e. The molecule has 1 rings (SSSR count). The first-order valence-electron chi connectivity index (χ1n) is 8.48. The fourth-order valence-corrected chi connectivity index (χ4v) is 2.53. The van der Waals surface area contributed by atoms with Gasteiger partial charge in [0.15, 0.2) is 0 Å². The molecule has 1 N–H and O–H groups in total. The van der Waals surface area contributed by atoms with Crippen molar-refractivity contribution < 1.29 is 14.3 Å². The second kappa shape index (κ2) is 8.73. The highest BCUT2D eigenvalue weighted by atomic mass is 16.6. The highest BCUT2D eigenvalue weighted by molar-refractivity contribution is 5.67. The molecule has 1 aliphatic rings. The number of hydrogen-bond donors (Lipinski definition) is 1. The largest absolute Gasteiger partial charge is 0.444 e. The predicted molar refractivity (Wildman–Crippen MR) is 89.1 cm³/mol. The fraction of sp³-hybridized carbons (Fsp3) is 0.941. The van der Waals surface area contributed by atoms with Crippen LogP contribution in [0.1, 0.15) is 53.9 Å². The first kappa shape index (κ1) is 19.2. The van der Waals surface area contributed by atoms with E-state index in [9.17, 15) is 4.79 Å². The van der Waals surface area contributed by atoms with Crippen molar-refractivity contribution in [2.75, 3.05) is 26.7 Å². The van der Waals surface area contributed by atoms with Gasteiger partial charge in [-0.3, -0.25) is 0 Å². The van der Waals surface area contributed by atoms with Crippen LogP contribution in [0.4, 0.5) is 4.79 Å². The zero-order chi connectivity index (χ0) is 16.8. The van der Waals surface area contributed by atoms with Gasteiger partial charge in [-0.25, -0.2) is 4.79 Å². The average molecular weight is 314 g/mol. The van der Waals surface area contributed by atoms with Gasteiger partial charge >= 0.3 is 6.09 Å². The molecule has 0 spiro atoms. The number of carbonyl (C=O) groups excluding carboxylic acids is 1. The molecule has 0 aromatic heterocycles. The zero-order valence-corrected chi connectivity index (χ0v) is 15.1. The zero-order valence-electron chi connectivity index (χ0n) is 15.1. The Labute approximate surface area is 135 Å². The summed E-state index contributed by atoms with van der Waals surface area (Å²) in [6.45, 7) is 12.6. The SMILES string of the molecule is CC(C)C1CC(NCCCN(C)C(=O)OC(C)(C)C)CCO1. The van der Waals surface area contributed by atoms with Crippen LogP contribution in [-0.4, -0.2) is 55.5 Å². The fourth-order valence-electron chi connectivity index (χ4n) is 2.53. The number of ether oxygens (including phenoxy) is 2. The van der Waals surface area contributed by atoms with Crippen LogP contribution in [0.5, 0.6) is 0 Å². The number of hydrogen-bond acceptors (Lipinski definition) is 4. The Bertz CT molecular complexity index is 339. The van der Waals surface area contributed by atoms with Gasteiger partial charge in [0.25, 0.3) is 0 Å². The molecule has 0 aromatic carbocycles. The number of nitrogens with one attached hydrogen (secondary N) is 1. The molecule has 1 heterocycles. The predicted octanol–water partition coefficient (Wildman–Crippen LogP) is 3.04. The number of nitrogens with zero attached hydrogens (tertiary/aromatic N) is 1. The molecular weight excluding hydrogens is 280 g/mol. The summed E-state index contributed by atoms with van der Waals surface area (Å²) >= 11 is 0. The topological polar surface area (TPSA) is 50.8 Å². The molecule has 0 aliphatic carbocycles. The maximum absolute atomic E-state index is 11.8. The van der Waals surface area contributed by atoms with E-state index in [-0.39, 0.29) is 6.09 Å². The molecule has 22 heavy (non-hydrogen) atoms. The molecule has 1 saturated heterocycles. The molecule has 130 valence electrons. The lowest BCUT2D eigenvalue weighted by Gasteiger charge is -2.32. The third-order valence-corrected chi connectivity index (χ3v) is 3.87. The molecule has 2 atom stereocenters. The van der Waals surface area contributed by atoms with E-state index in [1.165, 1.54) is 0 Å². The number of amides is 1. The third-order valence-electron chi connectivity index (χ3n) is 3.87. The Morgan fingerprint density at radius 1 is 1.41 bits per heavy atom. The van der Waals surface area contributed by atoms with E-state index >= 15 is 0 Å². The monoisotopic (exact) mass is 314 g/mol. The minimum atomic E-state index is -0.433. The first-order valence-corrected chi connectivity index (χ1v) is 8.48. The quantitative estimate of drug-likeness (QED) is 0.766. The number of rotatable bonds is 6. The van der Waals surface area contributed by atoms with E-state index < -0.39 is 5.60 Å². The molecular formula is C17H34N2O3. The molecule has 1 fully saturated rings. The summed E-state index contributed by atoms with van der Waals surface area (Å²) in [5.41, 5.74) is -0.433. The van der Waals surface area contributed by atoms with E-state index in [1.807, 2.05) is 20.8 Å². The van der Waals surface area contributed by atoms with Gasteiger partial charge in [0.1, 0.15) is 5.60 Å². The van der Waals surface area contributed by atoms with Gasteiger partial charge in [-0.05, 0) is 52.5 Å². The molecule has 5 nitrogen and oxygen atoms in total. The third kappa shape index (κ3) is 7.45. The van der Waals surface area contributed by atoms with Crippen LogP contribution in [-0.2, 0) is 9.47 Å². The second-order valence-corrected chi connectivity index (χ2v) is 7.58. The second-order valence-electron chi connectivity index (χ2n) is 7.58. The van der Waals surface area contributed by atoms with Gasteiger partial charge in [-0.1, -0.05) is 13.8 Å². The number of carbonyl (C=O) groups is 1. The lowest BCUT2D eigenvalue weighted by atomic mass is 9.95. The van der Waals surface area contributed by atoms with Crippen molar-refractivity contribution in [1.82, 2.24) is 10.2 Å². The molecule has 2 unspecified atom stereocenters. The Kier molecular flexibility index (Phi) is 7.63. The van der Waals surface area contributed by atoms with Gasteiger partial charge < -0.3 is 19.7 Å². The molecule has 5 heteroatoms. The van der Waals surface area contributed by atoms with Gasteiger partial charge in [-0.2, -0.15) is 0 Å². The minimum Gasteiger partial charge on any atom is -0.444 e. The summed E-state index contributed by atoms with van der Waals surface area (Å²) in [6.07, 6.45) is 3.21. The Morgan fingerprint density at radius 2 is 2.09 bits per heavy atom. The molecule has 1 aliphatic heterocycles. The van der Waals surface area contributed by atoms with Gasteiger partial charge in [-0.15, -0.1) is 0 Å². The van der Waals surface area contributed by atoms with Crippen molar-refractivity contribution in [1.29, 1.82) is 0 Å². The molecule has 0 saturated carbocycles. The Balaban J connectivity index is 2.18. The molecule has 1 amide bonds. The van der Waals surface area contributed by atoms with Crippen LogP contribution in [0.25, 0.3) is 0 Å². The molecule has 0 aromatic rings. The van der Waals surface area contributed by atoms with E-state index in [4.69, 9.17) is 9.47 Å². The van der Waals surface area contributed by atoms with Crippen molar-refractivity contribution in [3.05, 3.63) is 0 Å². The highest BCUT2D eigenvalue weighted by Crippen LogP contribution is 2.20. The molecule has 0 bridgehead atoms. The van der Waals surface area contributed by atoms with Gasteiger partial charge in [0, 0.05) is 26.2 Å². The van der Waals surface area contributed by atoms with Crippen LogP contribution in [0.3, 0.4) is 0 Å². The van der Waals surface area contributed by atoms with E-state index in [0.29, 0.717) is 24.6 Å². The van der Waals surface area contributed by atoms with E-state index in [1.54, 1.807) is 11.9 Å². The van der Waals surface area contributed by atoms with Crippen LogP contribution in [0, 0.1) is 5.92 Å². The van der Waals surface area contributed by atoms with Crippen molar-refractivity contribution in [3.8, 4) is 0 Å². The van der Waals surface area contributed by atoms with Gasteiger partial charge in [0.05, 0.1) is 6.10 Å². The van der Waals surface area contributed by atoms with Crippen molar-refractivity contribution in [3.63, 3.8) is 0 Å². The summed E-state index contributed by atoms with van der Waals surface area (Å²) in [5.74, 6) is 0.572.